The Bertz CT molecular complexity index is 1010. The van der Waals surface area contributed by atoms with Crippen molar-refractivity contribution in [2.75, 3.05) is 18.9 Å². The molecule has 1 saturated carbocycles. The molecule has 9 nitrogen and oxygen atoms in total. The summed E-state index contributed by atoms with van der Waals surface area (Å²) < 4.78 is 19.7. The summed E-state index contributed by atoms with van der Waals surface area (Å²) in [6.07, 6.45) is 6.59. The molecule has 3 unspecified atom stereocenters. The van der Waals surface area contributed by atoms with Gasteiger partial charge in [-0.1, -0.05) is 83.2 Å². The van der Waals surface area contributed by atoms with E-state index < -0.39 is 43.7 Å². The van der Waals surface area contributed by atoms with Gasteiger partial charge in [0.25, 0.3) is 0 Å². The molecule has 10 heteroatoms. The van der Waals surface area contributed by atoms with Crippen LogP contribution in [0.4, 0.5) is 0 Å². The molecule has 2 aliphatic rings. The van der Waals surface area contributed by atoms with E-state index in [0.717, 1.165) is 38.5 Å². The van der Waals surface area contributed by atoms with Gasteiger partial charge in [-0.3, -0.25) is 13.9 Å². The minimum absolute atomic E-state index is 0.0499. The van der Waals surface area contributed by atoms with Gasteiger partial charge < -0.3 is 10.0 Å². The number of benzene rings is 1. The van der Waals surface area contributed by atoms with E-state index in [2.05, 4.69) is 4.89 Å². The average Bonchev–Trinajstić information content (AvgIpc) is 3.41. The number of carbonyl (C=O) groups is 3. The van der Waals surface area contributed by atoms with Gasteiger partial charge >= 0.3 is 11.9 Å². The van der Waals surface area contributed by atoms with E-state index in [1.165, 1.54) is 16.9 Å². The molecule has 0 bridgehead atoms. The van der Waals surface area contributed by atoms with E-state index in [1.54, 1.807) is 20.8 Å². The molecule has 1 aliphatic heterocycles. The van der Waals surface area contributed by atoms with E-state index in [1.807, 2.05) is 30.3 Å². The summed E-state index contributed by atoms with van der Waals surface area (Å²) >= 11 is 0. The maximum absolute atomic E-state index is 14.0. The van der Waals surface area contributed by atoms with E-state index in [9.17, 15) is 24.1 Å². The Balaban J connectivity index is 1.71. The van der Waals surface area contributed by atoms with Crippen molar-refractivity contribution in [1.82, 2.24) is 4.90 Å². The molecule has 4 atom stereocenters. The van der Waals surface area contributed by atoms with Crippen molar-refractivity contribution in [3.63, 3.8) is 0 Å². The molecule has 224 valence electrons. The molecule has 0 aromatic heterocycles. The molecule has 1 aliphatic carbocycles. The van der Waals surface area contributed by atoms with Crippen LogP contribution in [0, 0.1) is 17.8 Å². The standard InChI is InChI=1S/C30H46NO8P/c1-4-28(33)37-38-30(35)26-19-25(24-16-9-6-10-17-24)20-31(26)27(32)21-40(36,39-29(34)22(2)3)18-12-11-15-23-13-7-5-8-14-23/h5,7-8,13-14,22,24-26,29,34H,4,6,9-12,15-21H2,1-3H3/t25?,26?,29-,40?/m0/s1. The topological polar surface area (TPSA) is 119 Å². The second-order valence-electron chi connectivity index (χ2n) is 11.5. The third kappa shape index (κ3) is 9.71. The van der Waals surface area contributed by atoms with Gasteiger partial charge in [-0.25, -0.2) is 19.4 Å². The normalized spacial score (nSPS) is 22.1. The minimum atomic E-state index is -3.58. The second kappa shape index (κ2) is 15.7. The van der Waals surface area contributed by atoms with Crippen molar-refractivity contribution in [1.29, 1.82) is 0 Å². The van der Waals surface area contributed by atoms with Gasteiger partial charge in [0.1, 0.15) is 12.2 Å². The zero-order valence-corrected chi connectivity index (χ0v) is 25.1. The number of amides is 1. The second-order valence-corrected chi connectivity index (χ2v) is 14.1. The van der Waals surface area contributed by atoms with Crippen molar-refractivity contribution in [3.05, 3.63) is 35.9 Å². The van der Waals surface area contributed by atoms with Crippen LogP contribution in [0.3, 0.4) is 0 Å². The highest BCUT2D eigenvalue weighted by atomic mass is 31.2. The summed E-state index contributed by atoms with van der Waals surface area (Å²) in [5.74, 6) is -1.74. The maximum Gasteiger partial charge on any atom is 0.377 e. The maximum atomic E-state index is 14.0. The van der Waals surface area contributed by atoms with Gasteiger partial charge in [-0.2, -0.15) is 0 Å². The third-order valence-electron chi connectivity index (χ3n) is 8.05. The van der Waals surface area contributed by atoms with Crippen LogP contribution in [0.1, 0.15) is 84.1 Å². The van der Waals surface area contributed by atoms with Crippen molar-refractivity contribution in [3.8, 4) is 0 Å². The van der Waals surface area contributed by atoms with Crippen molar-refractivity contribution < 1.29 is 38.4 Å². The molecule has 3 rings (SSSR count). The number of hydrogen-bond donors (Lipinski definition) is 1. The zero-order chi connectivity index (χ0) is 29.1. The zero-order valence-electron chi connectivity index (χ0n) is 24.2. The Morgan fingerprint density at radius 2 is 1.73 bits per heavy atom. The van der Waals surface area contributed by atoms with Gasteiger partial charge in [0, 0.05) is 25.0 Å². The monoisotopic (exact) mass is 579 g/mol. The highest BCUT2D eigenvalue weighted by molar-refractivity contribution is 7.59. The number of carbonyl (C=O) groups excluding carboxylic acids is 3. The fraction of sp³-hybridized carbons (Fsp3) is 0.700. The molecule has 1 saturated heterocycles. The Labute approximate surface area is 238 Å². The van der Waals surface area contributed by atoms with Crippen LogP contribution >= 0.6 is 7.37 Å². The predicted molar refractivity (Wildman–Crippen MR) is 151 cm³/mol. The van der Waals surface area contributed by atoms with E-state index in [4.69, 9.17) is 9.41 Å². The quantitative estimate of drug-likeness (QED) is 0.107. The summed E-state index contributed by atoms with van der Waals surface area (Å²) in [4.78, 5) is 49.1. The van der Waals surface area contributed by atoms with Crippen molar-refractivity contribution in [2.45, 2.75) is 97.3 Å². The van der Waals surface area contributed by atoms with Crippen LogP contribution in [0.15, 0.2) is 30.3 Å². The number of hydrogen-bond acceptors (Lipinski definition) is 8. The first-order valence-corrected chi connectivity index (χ1v) is 16.8. The molecule has 1 aromatic carbocycles. The first-order chi connectivity index (χ1) is 19.1. The van der Waals surface area contributed by atoms with Crippen molar-refractivity contribution >= 4 is 25.2 Å². The fourth-order valence-corrected chi connectivity index (χ4v) is 7.90. The van der Waals surface area contributed by atoms with Gasteiger partial charge in [-0.05, 0) is 43.1 Å². The SMILES string of the molecule is CCC(=O)OOC(=O)C1CC(C2CCCCC2)CN1C(=O)CP(=O)(CCCCc1ccccc1)O[C@H](O)C(C)C. The first-order valence-electron chi connectivity index (χ1n) is 14.8. The van der Waals surface area contributed by atoms with Gasteiger partial charge in [0.2, 0.25) is 13.3 Å². The summed E-state index contributed by atoms with van der Waals surface area (Å²) in [5.41, 5.74) is 1.17. The molecule has 1 N–H and O–H groups in total. The largest absolute Gasteiger partial charge is 0.377 e. The lowest BCUT2D eigenvalue weighted by molar-refractivity contribution is -0.261. The molecule has 1 amide bonds. The number of likely N-dealkylation sites (tertiary alicyclic amines) is 1. The lowest BCUT2D eigenvalue weighted by atomic mass is 9.79. The molecule has 0 radical (unpaired) electrons. The third-order valence-corrected chi connectivity index (χ3v) is 10.4. The van der Waals surface area contributed by atoms with Crippen LogP contribution < -0.4 is 0 Å². The minimum Gasteiger partial charge on any atom is -0.367 e. The Kier molecular flexibility index (Phi) is 12.7. The predicted octanol–water partition coefficient (Wildman–Crippen LogP) is 5.49. The van der Waals surface area contributed by atoms with Crippen molar-refractivity contribution in [2.24, 2.45) is 17.8 Å². The highest BCUT2D eigenvalue weighted by Crippen LogP contribution is 2.50. The molecule has 2 fully saturated rings. The fourth-order valence-electron chi connectivity index (χ4n) is 5.63. The highest BCUT2D eigenvalue weighted by Gasteiger charge is 2.45. The molecule has 40 heavy (non-hydrogen) atoms. The number of aryl methyl sites for hydroxylation is 1. The molecule has 1 heterocycles. The summed E-state index contributed by atoms with van der Waals surface area (Å²) in [5, 5.41) is 10.4. The van der Waals surface area contributed by atoms with Crippen LogP contribution in [0.2, 0.25) is 0 Å². The summed E-state index contributed by atoms with van der Waals surface area (Å²) in [6, 6.07) is 9.05. The van der Waals surface area contributed by atoms with Crippen LogP contribution in [-0.2, 0) is 39.7 Å². The number of unbranched alkanes of at least 4 members (excludes halogenated alkanes) is 1. The lowest BCUT2D eigenvalue weighted by Gasteiger charge is -2.29. The summed E-state index contributed by atoms with van der Waals surface area (Å²) in [6.45, 7) is 5.45. The molecular weight excluding hydrogens is 533 g/mol. The number of aliphatic hydroxyl groups excluding tert-OH is 1. The average molecular weight is 580 g/mol. The smallest absolute Gasteiger partial charge is 0.367 e. The Morgan fingerprint density at radius 3 is 2.38 bits per heavy atom. The number of rotatable bonds is 13. The van der Waals surface area contributed by atoms with Crippen LogP contribution in [-0.4, -0.2) is 59.1 Å². The van der Waals surface area contributed by atoms with Crippen LogP contribution in [0.5, 0.6) is 0 Å². The van der Waals surface area contributed by atoms with E-state index >= 15 is 0 Å². The molecule has 0 spiro atoms. The Hall–Kier alpha value is -2.22. The first kappa shape index (κ1) is 32.3. The number of aliphatic hydroxyl groups is 1. The van der Waals surface area contributed by atoms with Gasteiger partial charge in [0.15, 0.2) is 6.29 Å². The molecule has 1 aromatic rings. The molecular formula is C30H46NO8P. The number of nitrogens with zero attached hydrogens (tertiary/aromatic N) is 1. The van der Waals surface area contributed by atoms with Gasteiger partial charge in [-0.15, -0.1) is 0 Å². The van der Waals surface area contributed by atoms with Crippen LogP contribution in [0.25, 0.3) is 0 Å². The van der Waals surface area contributed by atoms with E-state index in [0.29, 0.717) is 25.3 Å². The van der Waals surface area contributed by atoms with Gasteiger partial charge in [0.05, 0.1) is 0 Å². The summed E-state index contributed by atoms with van der Waals surface area (Å²) in [7, 11) is -3.58. The Morgan fingerprint density at radius 1 is 1.02 bits per heavy atom. The lowest BCUT2D eigenvalue weighted by Crippen LogP contribution is -2.43. The van der Waals surface area contributed by atoms with E-state index in [-0.39, 0.29) is 24.4 Å².